The van der Waals surface area contributed by atoms with E-state index in [0.717, 1.165) is 6.07 Å². The van der Waals surface area contributed by atoms with E-state index >= 15 is 0 Å². The third kappa shape index (κ3) is 4.96. The molecule has 0 saturated carbocycles. The molecule has 25 heavy (non-hydrogen) atoms. The van der Waals surface area contributed by atoms with E-state index in [4.69, 9.17) is 16.3 Å². The van der Waals surface area contributed by atoms with Gasteiger partial charge in [-0.3, -0.25) is 4.79 Å². The van der Waals surface area contributed by atoms with Crippen molar-refractivity contribution in [3.8, 4) is 0 Å². The van der Waals surface area contributed by atoms with Crippen LogP contribution in [0.1, 0.15) is 22.8 Å². The van der Waals surface area contributed by atoms with Crippen molar-refractivity contribution in [2.45, 2.75) is 19.2 Å². The van der Waals surface area contributed by atoms with Gasteiger partial charge in [0, 0.05) is 5.69 Å². The summed E-state index contributed by atoms with van der Waals surface area (Å²) in [5, 5.41) is 1.79. The first-order chi connectivity index (χ1) is 11.7. The highest BCUT2D eigenvalue weighted by molar-refractivity contribution is 6.31. The summed E-state index contributed by atoms with van der Waals surface area (Å²) in [6.45, 7) is 1.32. The molecule has 8 heteroatoms. The molecule has 0 heterocycles. The highest BCUT2D eigenvalue weighted by Gasteiger charge is 2.33. The number of carbonyl (C=O) groups is 2. The number of carbonyl (C=O) groups excluding carboxylic acids is 2. The van der Waals surface area contributed by atoms with Gasteiger partial charge in [0.1, 0.15) is 0 Å². The number of anilines is 1. The standard InChI is InChI=1S/C17H13ClF3NO3/c1-10(25-16(24)11-5-3-2-4-6-11)15(23)22-12-7-8-14(18)13(9-12)17(19,20)21/h2-10H,1H3,(H,22,23)/t10-/m1/s1. The number of hydrogen-bond donors (Lipinski definition) is 1. The monoisotopic (exact) mass is 371 g/mol. The molecule has 0 unspecified atom stereocenters. The molecule has 1 atom stereocenters. The van der Waals surface area contributed by atoms with Gasteiger partial charge in [-0.25, -0.2) is 4.79 Å². The molecule has 0 spiro atoms. The average Bonchev–Trinajstić information content (AvgIpc) is 2.56. The van der Waals surface area contributed by atoms with Crippen LogP contribution in [0.25, 0.3) is 0 Å². The molecule has 0 aliphatic heterocycles. The van der Waals surface area contributed by atoms with Crippen molar-refractivity contribution in [3.05, 3.63) is 64.7 Å². The Kier molecular flexibility index (Phi) is 5.69. The second kappa shape index (κ2) is 7.57. The van der Waals surface area contributed by atoms with Crippen molar-refractivity contribution in [3.63, 3.8) is 0 Å². The van der Waals surface area contributed by atoms with Crippen LogP contribution in [0.3, 0.4) is 0 Å². The smallest absolute Gasteiger partial charge is 0.417 e. The maximum Gasteiger partial charge on any atom is 0.417 e. The molecule has 2 rings (SSSR count). The molecule has 2 aromatic carbocycles. The summed E-state index contributed by atoms with van der Waals surface area (Å²) < 4.78 is 43.4. The van der Waals surface area contributed by atoms with Crippen LogP contribution in [0.5, 0.6) is 0 Å². The summed E-state index contributed by atoms with van der Waals surface area (Å²) in [7, 11) is 0. The van der Waals surface area contributed by atoms with Gasteiger partial charge in [-0.05, 0) is 37.3 Å². The van der Waals surface area contributed by atoms with E-state index < -0.39 is 34.7 Å². The Hall–Kier alpha value is -2.54. The minimum atomic E-state index is -4.65. The second-order valence-electron chi connectivity index (χ2n) is 5.10. The van der Waals surface area contributed by atoms with E-state index in [1.807, 2.05) is 0 Å². The molecule has 0 aromatic heterocycles. The van der Waals surface area contributed by atoms with Crippen LogP contribution in [0.4, 0.5) is 18.9 Å². The largest absolute Gasteiger partial charge is 0.449 e. The van der Waals surface area contributed by atoms with Gasteiger partial charge < -0.3 is 10.1 Å². The quantitative estimate of drug-likeness (QED) is 0.803. The Bertz CT molecular complexity index is 778. The minimum Gasteiger partial charge on any atom is -0.449 e. The number of nitrogens with one attached hydrogen (secondary N) is 1. The van der Waals surface area contributed by atoms with Crippen molar-refractivity contribution in [1.29, 1.82) is 0 Å². The summed E-state index contributed by atoms with van der Waals surface area (Å²) in [6, 6.07) is 11.0. The third-order valence-corrected chi connectivity index (χ3v) is 3.53. The fourth-order valence-electron chi connectivity index (χ4n) is 1.92. The zero-order valence-electron chi connectivity index (χ0n) is 12.9. The van der Waals surface area contributed by atoms with Gasteiger partial charge in [-0.2, -0.15) is 13.2 Å². The molecular formula is C17H13ClF3NO3. The summed E-state index contributed by atoms with van der Waals surface area (Å²) in [5.41, 5.74) is -0.918. The number of benzene rings is 2. The lowest BCUT2D eigenvalue weighted by Gasteiger charge is -2.15. The van der Waals surface area contributed by atoms with Crippen LogP contribution in [0.15, 0.2) is 48.5 Å². The Labute approximate surface area is 146 Å². The van der Waals surface area contributed by atoms with Crippen molar-refractivity contribution in [2.75, 3.05) is 5.32 Å². The highest BCUT2D eigenvalue weighted by Crippen LogP contribution is 2.36. The van der Waals surface area contributed by atoms with Crippen LogP contribution in [-0.4, -0.2) is 18.0 Å². The number of halogens is 4. The van der Waals surface area contributed by atoms with E-state index in [-0.39, 0.29) is 11.3 Å². The van der Waals surface area contributed by atoms with Gasteiger partial charge in [-0.15, -0.1) is 0 Å². The topological polar surface area (TPSA) is 55.4 Å². The number of esters is 1. The molecule has 2 aromatic rings. The SMILES string of the molecule is C[C@@H](OC(=O)c1ccccc1)C(=O)Nc1ccc(Cl)c(C(F)(F)F)c1. The maximum atomic E-state index is 12.8. The summed E-state index contributed by atoms with van der Waals surface area (Å²) in [6.07, 6.45) is -5.85. The minimum absolute atomic E-state index is 0.107. The molecule has 1 N–H and O–H groups in total. The van der Waals surface area contributed by atoms with Crippen LogP contribution in [0.2, 0.25) is 5.02 Å². The average molecular weight is 372 g/mol. The van der Waals surface area contributed by atoms with Gasteiger partial charge in [0.2, 0.25) is 0 Å². The van der Waals surface area contributed by atoms with Crippen molar-refractivity contribution in [2.24, 2.45) is 0 Å². The lowest BCUT2D eigenvalue weighted by atomic mass is 10.2. The lowest BCUT2D eigenvalue weighted by molar-refractivity contribution is -0.137. The van der Waals surface area contributed by atoms with E-state index in [9.17, 15) is 22.8 Å². The maximum absolute atomic E-state index is 12.8. The Morgan fingerprint density at radius 2 is 1.76 bits per heavy atom. The predicted molar refractivity (Wildman–Crippen MR) is 86.4 cm³/mol. The molecular weight excluding hydrogens is 359 g/mol. The summed E-state index contributed by atoms with van der Waals surface area (Å²) in [4.78, 5) is 23.9. The molecule has 0 aliphatic carbocycles. The number of hydrogen-bond acceptors (Lipinski definition) is 3. The first-order valence-electron chi connectivity index (χ1n) is 7.12. The molecule has 0 aliphatic rings. The van der Waals surface area contributed by atoms with Crippen LogP contribution < -0.4 is 5.32 Å². The van der Waals surface area contributed by atoms with E-state index in [0.29, 0.717) is 6.07 Å². The fraction of sp³-hybridized carbons (Fsp3) is 0.176. The number of amides is 1. The number of rotatable bonds is 4. The molecule has 0 fully saturated rings. The molecule has 0 radical (unpaired) electrons. The fourth-order valence-corrected chi connectivity index (χ4v) is 2.15. The van der Waals surface area contributed by atoms with Crippen molar-refractivity contribution < 1.29 is 27.5 Å². The van der Waals surface area contributed by atoms with Gasteiger partial charge in [0.05, 0.1) is 16.1 Å². The van der Waals surface area contributed by atoms with Crippen molar-refractivity contribution in [1.82, 2.24) is 0 Å². The third-order valence-electron chi connectivity index (χ3n) is 3.20. The molecule has 1 amide bonds. The van der Waals surface area contributed by atoms with Gasteiger partial charge in [-0.1, -0.05) is 29.8 Å². The van der Waals surface area contributed by atoms with Crippen molar-refractivity contribution >= 4 is 29.2 Å². The molecule has 0 saturated heterocycles. The number of alkyl halides is 3. The second-order valence-corrected chi connectivity index (χ2v) is 5.50. The zero-order valence-corrected chi connectivity index (χ0v) is 13.7. The highest BCUT2D eigenvalue weighted by atomic mass is 35.5. The van der Waals surface area contributed by atoms with Crippen LogP contribution in [-0.2, 0) is 15.7 Å². The van der Waals surface area contributed by atoms with Gasteiger partial charge in [0.25, 0.3) is 5.91 Å². The summed E-state index contributed by atoms with van der Waals surface area (Å²) >= 11 is 5.51. The van der Waals surface area contributed by atoms with E-state index in [1.54, 1.807) is 18.2 Å². The Morgan fingerprint density at radius 1 is 1.12 bits per heavy atom. The van der Waals surface area contributed by atoms with Gasteiger partial charge in [0.15, 0.2) is 6.10 Å². The zero-order chi connectivity index (χ0) is 18.6. The Morgan fingerprint density at radius 3 is 2.36 bits per heavy atom. The predicted octanol–water partition coefficient (Wildman–Crippen LogP) is 4.54. The van der Waals surface area contributed by atoms with E-state index in [1.165, 1.54) is 25.1 Å². The Balaban J connectivity index is 2.05. The molecule has 132 valence electrons. The van der Waals surface area contributed by atoms with Gasteiger partial charge >= 0.3 is 12.1 Å². The number of ether oxygens (including phenoxy) is 1. The first kappa shape index (κ1) is 18.8. The molecule has 0 bridgehead atoms. The first-order valence-corrected chi connectivity index (χ1v) is 7.50. The lowest BCUT2D eigenvalue weighted by Crippen LogP contribution is -2.30. The van der Waals surface area contributed by atoms with E-state index in [2.05, 4.69) is 5.32 Å². The summed E-state index contributed by atoms with van der Waals surface area (Å²) in [5.74, 6) is -1.48. The van der Waals surface area contributed by atoms with Crippen LogP contribution >= 0.6 is 11.6 Å². The van der Waals surface area contributed by atoms with Crippen LogP contribution in [0, 0.1) is 0 Å². The molecule has 4 nitrogen and oxygen atoms in total. The normalized spacial score (nSPS) is 12.4.